The maximum absolute atomic E-state index is 12.4. The van der Waals surface area contributed by atoms with Crippen LogP contribution in [0.5, 0.6) is 11.5 Å². The number of hydrogen-bond acceptors (Lipinski definition) is 4. The molecule has 1 N–H and O–H groups in total. The third-order valence-electron chi connectivity index (χ3n) is 4.33. The number of nitrogens with zero attached hydrogens (tertiary/aromatic N) is 1. The molecule has 6 heteroatoms. The first-order chi connectivity index (χ1) is 12.4. The van der Waals surface area contributed by atoms with Crippen LogP contribution in [-0.2, 0) is 11.2 Å². The van der Waals surface area contributed by atoms with Gasteiger partial charge in [0.1, 0.15) is 0 Å². The van der Waals surface area contributed by atoms with Crippen molar-refractivity contribution >= 4 is 23.2 Å². The van der Waals surface area contributed by atoms with Gasteiger partial charge in [-0.3, -0.25) is 9.69 Å². The summed E-state index contributed by atoms with van der Waals surface area (Å²) in [4.78, 5) is 14.4. The zero-order chi connectivity index (χ0) is 19.1. The van der Waals surface area contributed by atoms with E-state index in [2.05, 4.69) is 5.32 Å². The quantitative estimate of drug-likeness (QED) is 0.760. The first-order valence-corrected chi connectivity index (χ1v) is 8.80. The maximum atomic E-state index is 12.4. The average molecular weight is 377 g/mol. The third-order valence-corrected chi connectivity index (χ3v) is 4.57. The second kappa shape index (κ2) is 9.46. The number of carbonyl (C=O) groups is 1. The summed E-state index contributed by atoms with van der Waals surface area (Å²) < 4.78 is 10.6. The normalized spacial score (nSPS) is 11.9. The van der Waals surface area contributed by atoms with Crippen molar-refractivity contribution in [2.24, 2.45) is 0 Å². The summed E-state index contributed by atoms with van der Waals surface area (Å²) in [6.45, 7) is 2.62. The van der Waals surface area contributed by atoms with Gasteiger partial charge in [0, 0.05) is 17.3 Å². The Bertz CT molecular complexity index is 752. The molecule has 140 valence electrons. The Kier molecular flexibility index (Phi) is 7.30. The highest BCUT2D eigenvalue weighted by molar-refractivity contribution is 6.30. The van der Waals surface area contributed by atoms with Crippen molar-refractivity contribution in [1.82, 2.24) is 4.90 Å². The molecule has 0 bridgehead atoms. The fourth-order valence-electron chi connectivity index (χ4n) is 2.55. The molecule has 2 rings (SSSR count). The molecule has 0 saturated carbocycles. The molecule has 2 aromatic carbocycles. The summed E-state index contributed by atoms with van der Waals surface area (Å²) in [5.74, 6) is 1.35. The van der Waals surface area contributed by atoms with Crippen LogP contribution in [0, 0.1) is 0 Å². The molecule has 0 aliphatic rings. The maximum Gasteiger partial charge on any atom is 0.241 e. The smallest absolute Gasteiger partial charge is 0.241 e. The number of hydrogen-bond donors (Lipinski definition) is 1. The second-order valence-electron chi connectivity index (χ2n) is 6.10. The zero-order valence-corrected chi connectivity index (χ0v) is 16.3. The highest BCUT2D eigenvalue weighted by Crippen LogP contribution is 2.27. The Morgan fingerprint density at radius 2 is 1.88 bits per heavy atom. The largest absolute Gasteiger partial charge is 0.493 e. The first-order valence-electron chi connectivity index (χ1n) is 8.42. The van der Waals surface area contributed by atoms with E-state index >= 15 is 0 Å². The predicted molar refractivity (Wildman–Crippen MR) is 105 cm³/mol. The lowest BCUT2D eigenvalue weighted by molar-refractivity contribution is -0.120. The molecule has 0 aliphatic heterocycles. The second-order valence-corrected chi connectivity index (χ2v) is 6.53. The number of amides is 1. The van der Waals surface area contributed by atoms with Crippen LogP contribution in [0.25, 0.3) is 0 Å². The molecule has 26 heavy (non-hydrogen) atoms. The lowest BCUT2D eigenvalue weighted by Crippen LogP contribution is -2.40. The molecule has 0 radical (unpaired) electrons. The molecule has 1 amide bonds. The van der Waals surface area contributed by atoms with Crippen molar-refractivity contribution in [1.29, 1.82) is 0 Å². The number of anilines is 1. The van der Waals surface area contributed by atoms with Crippen molar-refractivity contribution in [3.05, 3.63) is 53.1 Å². The van der Waals surface area contributed by atoms with Crippen LogP contribution in [0.1, 0.15) is 12.5 Å². The van der Waals surface area contributed by atoms with Crippen LogP contribution in [0.15, 0.2) is 42.5 Å². The highest BCUT2D eigenvalue weighted by Gasteiger charge is 2.18. The van der Waals surface area contributed by atoms with Crippen molar-refractivity contribution in [3.8, 4) is 11.5 Å². The summed E-state index contributed by atoms with van der Waals surface area (Å²) in [6.07, 6.45) is 0.797. The molecule has 1 atom stereocenters. The molecule has 0 spiro atoms. The Balaban J connectivity index is 1.92. The number of nitrogens with one attached hydrogen (secondary N) is 1. The summed E-state index contributed by atoms with van der Waals surface area (Å²) in [5, 5.41) is 3.49. The molecule has 0 unspecified atom stereocenters. The number of likely N-dealkylation sites (N-methyl/N-ethyl adjacent to an activating group) is 1. The molecule has 0 aliphatic carbocycles. The van der Waals surface area contributed by atoms with E-state index in [1.165, 1.54) is 0 Å². The third kappa shape index (κ3) is 5.38. The number of methoxy groups -OCH3 is 2. The average Bonchev–Trinajstić information content (AvgIpc) is 2.65. The van der Waals surface area contributed by atoms with Crippen LogP contribution >= 0.6 is 11.6 Å². The molecule has 0 heterocycles. The minimum absolute atomic E-state index is 0.0675. The standard InChI is InChI=1S/C20H25ClN2O3/c1-14(20(24)22-17-7-5-6-16(21)13-17)23(2)11-10-15-8-9-18(25-3)19(12-15)26-4/h5-9,12-14H,10-11H2,1-4H3,(H,22,24)/t14-/m0/s1. The van der Waals surface area contributed by atoms with Crippen LogP contribution in [0.3, 0.4) is 0 Å². The van der Waals surface area contributed by atoms with E-state index in [1.807, 2.05) is 49.2 Å². The Morgan fingerprint density at radius 3 is 2.54 bits per heavy atom. The Labute approximate surface area is 159 Å². The van der Waals surface area contributed by atoms with Crippen LogP contribution in [0.4, 0.5) is 5.69 Å². The molecular weight excluding hydrogens is 352 g/mol. The van der Waals surface area contributed by atoms with Crippen molar-refractivity contribution in [2.75, 3.05) is 33.1 Å². The first kappa shape index (κ1) is 20.1. The minimum Gasteiger partial charge on any atom is -0.493 e. The van der Waals surface area contributed by atoms with E-state index in [0.717, 1.165) is 18.5 Å². The topological polar surface area (TPSA) is 50.8 Å². The van der Waals surface area contributed by atoms with Gasteiger partial charge in [0.2, 0.25) is 5.91 Å². The molecule has 0 fully saturated rings. The lowest BCUT2D eigenvalue weighted by Gasteiger charge is -2.24. The van der Waals surface area contributed by atoms with Crippen LogP contribution in [0.2, 0.25) is 5.02 Å². The van der Waals surface area contributed by atoms with Gasteiger partial charge in [-0.25, -0.2) is 0 Å². The van der Waals surface area contributed by atoms with Crippen LogP contribution in [-0.4, -0.2) is 44.7 Å². The number of rotatable bonds is 8. The van der Waals surface area contributed by atoms with Gasteiger partial charge in [-0.2, -0.15) is 0 Å². The van der Waals surface area contributed by atoms with Gasteiger partial charge in [-0.05, 0) is 56.3 Å². The van der Waals surface area contributed by atoms with Gasteiger partial charge < -0.3 is 14.8 Å². The number of ether oxygens (including phenoxy) is 2. The highest BCUT2D eigenvalue weighted by atomic mass is 35.5. The van der Waals surface area contributed by atoms with E-state index < -0.39 is 0 Å². The number of carbonyl (C=O) groups excluding carboxylic acids is 1. The van der Waals surface area contributed by atoms with Gasteiger partial charge in [0.05, 0.1) is 20.3 Å². The molecule has 5 nitrogen and oxygen atoms in total. The summed E-state index contributed by atoms with van der Waals surface area (Å²) >= 11 is 5.95. The molecule has 2 aromatic rings. The van der Waals surface area contributed by atoms with E-state index in [-0.39, 0.29) is 11.9 Å². The summed E-state index contributed by atoms with van der Waals surface area (Å²) in [7, 11) is 5.17. The SMILES string of the molecule is COc1ccc(CCN(C)[C@@H](C)C(=O)Nc2cccc(Cl)c2)cc1OC. The minimum atomic E-state index is -0.269. The van der Waals surface area contributed by atoms with Gasteiger partial charge in [-0.1, -0.05) is 23.7 Å². The van der Waals surface area contributed by atoms with Crippen LogP contribution < -0.4 is 14.8 Å². The lowest BCUT2D eigenvalue weighted by atomic mass is 10.1. The summed E-state index contributed by atoms with van der Waals surface area (Å²) in [6, 6.07) is 12.7. The Morgan fingerprint density at radius 1 is 1.15 bits per heavy atom. The van der Waals surface area contributed by atoms with Gasteiger partial charge in [-0.15, -0.1) is 0 Å². The van der Waals surface area contributed by atoms with E-state index in [1.54, 1.807) is 26.4 Å². The molecule has 0 aromatic heterocycles. The van der Waals surface area contributed by atoms with E-state index in [4.69, 9.17) is 21.1 Å². The number of benzene rings is 2. The Hall–Kier alpha value is -2.24. The predicted octanol–water partition coefficient (Wildman–Crippen LogP) is 3.86. The summed E-state index contributed by atoms with van der Waals surface area (Å²) in [5.41, 5.74) is 1.82. The van der Waals surface area contributed by atoms with Crippen molar-refractivity contribution in [3.63, 3.8) is 0 Å². The fourth-order valence-corrected chi connectivity index (χ4v) is 2.74. The molecular formula is C20H25ClN2O3. The molecule has 0 saturated heterocycles. The number of halogens is 1. The van der Waals surface area contributed by atoms with Crippen molar-refractivity contribution in [2.45, 2.75) is 19.4 Å². The van der Waals surface area contributed by atoms with Gasteiger partial charge in [0.25, 0.3) is 0 Å². The fraction of sp³-hybridized carbons (Fsp3) is 0.350. The van der Waals surface area contributed by atoms with E-state index in [0.29, 0.717) is 22.2 Å². The van der Waals surface area contributed by atoms with E-state index in [9.17, 15) is 4.79 Å². The monoisotopic (exact) mass is 376 g/mol. The van der Waals surface area contributed by atoms with Gasteiger partial charge in [0.15, 0.2) is 11.5 Å². The van der Waals surface area contributed by atoms with Gasteiger partial charge >= 0.3 is 0 Å². The zero-order valence-electron chi connectivity index (χ0n) is 15.6. The van der Waals surface area contributed by atoms with Crippen molar-refractivity contribution < 1.29 is 14.3 Å².